The smallest absolute Gasteiger partial charge is 0.164 e. The summed E-state index contributed by atoms with van der Waals surface area (Å²) in [6, 6.07) is 0. The molecule has 1 aliphatic rings. The van der Waals surface area contributed by atoms with Gasteiger partial charge in [0.2, 0.25) is 0 Å². The zero-order valence-corrected chi connectivity index (χ0v) is 9.18. The molecular weight excluding hydrogens is 160 g/mol. The molecule has 1 aliphatic carbocycles. The molecule has 1 rings (SSSR count). The van der Waals surface area contributed by atoms with Crippen LogP contribution in [0.25, 0.3) is 0 Å². The summed E-state index contributed by atoms with van der Waals surface area (Å²) in [4.78, 5) is 11.9. The van der Waals surface area contributed by atoms with Crippen LogP contribution in [0, 0.1) is 11.3 Å². The molecule has 0 N–H and O–H groups in total. The van der Waals surface area contributed by atoms with Gasteiger partial charge in [0.25, 0.3) is 0 Å². The maximum absolute atomic E-state index is 11.9. The van der Waals surface area contributed by atoms with E-state index in [-0.39, 0.29) is 5.41 Å². The fourth-order valence-corrected chi connectivity index (χ4v) is 2.18. The summed E-state index contributed by atoms with van der Waals surface area (Å²) in [5.41, 5.74) is 0.964. The van der Waals surface area contributed by atoms with E-state index in [1.807, 2.05) is 0 Å². The minimum atomic E-state index is -0.112. The second-order valence-corrected chi connectivity index (χ2v) is 4.77. The van der Waals surface area contributed by atoms with Crippen LogP contribution in [0.1, 0.15) is 47.0 Å². The molecule has 0 aromatic carbocycles. The highest BCUT2D eigenvalue weighted by atomic mass is 16.1. The summed E-state index contributed by atoms with van der Waals surface area (Å²) in [6.45, 7) is 8.41. The zero-order chi connectivity index (χ0) is 10.1. The topological polar surface area (TPSA) is 17.1 Å². The lowest BCUT2D eigenvalue weighted by Crippen LogP contribution is -2.17. The number of ketones is 1. The first-order valence-electron chi connectivity index (χ1n) is 5.24. The summed E-state index contributed by atoms with van der Waals surface area (Å²) >= 11 is 0. The average molecular weight is 180 g/mol. The summed E-state index contributed by atoms with van der Waals surface area (Å²) in [5.74, 6) is 0.836. The molecule has 13 heavy (non-hydrogen) atoms. The summed E-state index contributed by atoms with van der Waals surface area (Å²) < 4.78 is 0. The van der Waals surface area contributed by atoms with Gasteiger partial charge in [-0.25, -0.2) is 0 Å². The zero-order valence-electron chi connectivity index (χ0n) is 9.18. The molecule has 0 aromatic heterocycles. The van der Waals surface area contributed by atoms with E-state index in [1.165, 1.54) is 0 Å². The molecule has 0 spiro atoms. The van der Waals surface area contributed by atoms with Gasteiger partial charge in [0.1, 0.15) is 0 Å². The van der Waals surface area contributed by atoms with E-state index >= 15 is 0 Å². The number of Topliss-reactive ketones (excluding diaryl/α,β-unsaturated/α-hetero) is 1. The maximum Gasteiger partial charge on any atom is 0.164 e. The SMILES string of the molecule is CCC/C=C1/C(=O)C(C)(C)CC1C. The van der Waals surface area contributed by atoms with E-state index in [2.05, 4.69) is 33.8 Å². The third kappa shape index (κ3) is 2.01. The first-order chi connectivity index (χ1) is 5.99. The van der Waals surface area contributed by atoms with Crippen molar-refractivity contribution in [3.63, 3.8) is 0 Å². The number of carbonyl (C=O) groups excluding carboxylic acids is 1. The lowest BCUT2D eigenvalue weighted by Gasteiger charge is -2.12. The molecular formula is C12H20O. The van der Waals surface area contributed by atoms with Gasteiger partial charge in [0.05, 0.1) is 0 Å². The van der Waals surface area contributed by atoms with Crippen molar-refractivity contribution < 1.29 is 4.79 Å². The van der Waals surface area contributed by atoms with E-state index < -0.39 is 0 Å². The molecule has 1 atom stereocenters. The molecule has 1 saturated carbocycles. The fourth-order valence-electron chi connectivity index (χ4n) is 2.18. The molecule has 1 fully saturated rings. The van der Waals surface area contributed by atoms with Crippen LogP contribution in [0.15, 0.2) is 11.6 Å². The molecule has 0 aromatic rings. The number of rotatable bonds is 2. The van der Waals surface area contributed by atoms with Gasteiger partial charge >= 0.3 is 0 Å². The van der Waals surface area contributed by atoms with E-state index in [0.717, 1.165) is 24.8 Å². The number of hydrogen-bond acceptors (Lipinski definition) is 1. The number of hydrogen-bond donors (Lipinski definition) is 0. The number of carbonyl (C=O) groups is 1. The molecule has 0 amide bonds. The molecule has 0 heterocycles. The maximum atomic E-state index is 11.9. The van der Waals surface area contributed by atoms with Crippen LogP contribution in [0.5, 0.6) is 0 Å². The van der Waals surface area contributed by atoms with Crippen molar-refractivity contribution in [2.45, 2.75) is 47.0 Å². The number of allylic oxidation sites excluding steroid dienone is 2. The van der Waals surface area contributed by atoms with Gasteiger partial charge in [-0.1, -0.05) is 40.2 Å². The highest BCUT2D eigenvalue weighted by Crippen LogP contribution is 2.41. The first kappa shape index (κ1) is 10.5. The predicted molar refractivity (Wildman–Crippen MR) is 55.6 cm³/mol. The van der Waals surface area contributed by atoms with Crippen LogP contribution in [0.3, 0.4) is 0 Å². The van der Waals surface area contributed by atoms with E-state index in [1.54, 1.807) is 0 Å². The Kier molecular flexibility index (Phi) is 2.94. The van der Waals surface area contributed by atoms with Crippen molar-refractivity contribution in [2.75, 3.05) is 0 Å². The van der Waals surface area contributed by atoms with Gasteiger partial charge in [0, 0.05) is 5.41 Å². The second-order valence-electron chi connectivity index (χ2n) is 4.77. The molecule has 0 radical (unpaired) electrons. The highest BCUT2D eigenvalue weighted by Gasteiger charge is 2.40. The number of unbranched alkanes of at least 4 members (excludes halogenated alkanes) is 1. The first-order valence-corrected chi connectivity index (χ1v) is 5.24. The fraction of sp³-hybridized carbons (Fsp3) is 0.750. The Morgan fingerprint density at radius 1 is 1.54 bits per heavy atom. The Hall–Kier alpha value is -0.590. The summed E-state index contributed by atoms with van der Waals surface area (Å²) in [6.07, 6.45) is 5.33. The van der Waals surface area contributed by atoms with E-state index in [4.69, 9.17) is 0 Å². The molecule has 74 valence electrons. The van der Waals surface area contributed by atoms with Crippen molar-refractivity contribution in [1.29, 1.82) is 0 Å². The van der Waals surface area contributed by atoms with Crippen molar-refractivity contribution in [3.8, 4) is 0 Å². The summed E-state index contributed by atoms with van der Waals surface area (Å²) in [7, 11) is 0. The largest absolute Gasteiger partial charge is 0.294 e. The van der Waals surface area contributed by atoms with Crippen LogP contribution in [0.2, 0.25) is 0 Å². The van der Waals surface area contributed by atoms with Crippen LogP contribution in [-0.2, 0) is 4.79 Å². The molecule has 0 saturated heterocycles. The molecule has 1 nitrogen and oxygen atoms in total. The van der Waals surface area contributed by atoms with Gasteiger partial charge in [-0.15, -0.1) is 0 Å². The average Bonchev–Trinajstić information content (AvgIpc) is 2.21. The van der Waals surface area contributed by atoms with Gasteiger partial charge in [0.15, 0.2) is 5.78 Å². The second kappa shape index (κ2) is 3.65. The predicted octanol–water partition coefficient (Wildman–Crippen LogP) is 3.35. The van der Waals surface area contributed by atoms with Gasteiger partial charge in [-0.05, 0) is 24.3 Å². The Bertz CT molecular complexity index is 236. The minimum absolute atomic E-state index is 0.112. The lowest BCUT2D eigenvalue weighted by atomic mass is 9.90. The van der Waals surface area contributed by atoms with Crippen molar-refractivity contribution in [3.05, 3.63) is 11.6 Å². The monoisotopic (exact) mass is 180 g/mol. The standard InChI is InChI=1S/C12H20O/c1-5-6-7-10-9(2)8-12(3,4)11(10)13/h7,9H,5-6,8H2,1-4H3/b10-7+. The van der Waals surface area contributed by atoms with Gasteiger partial charge in [-0.2, -0.15) is 0 Å². The van der Waals surface area contributed by atoms with Crippen molar-refractivity contribution >= 4 is 5.78 Å². The molecule has 1 heteroatoms. The third-order valence-electron chi connectivity index (χ3n) is 2.88. The molecule has 0 aliphatic heterocycles. The van der Waals surface area contributed by atoms with E-state index in [9.17, 15) is 4.79 Å². The van der Waals surface area contributed by atoms with Gasteiger partial charge < -0.3 is 0 Å². The van der Waals surface area contributed by atoms with Crippen molar-refractivity contribution in [2.24, 2.45) is 11.3 Å². The quantitative estimate of drug-likeness (QED) is 0.596. The normalized spacial score (nSPS) is 30.0. The Labute approximate surface area is 81.2 Å². The minimum Gasteiger partial charge on any atom is -0.294 e. The highest BCUT2D eigenvalue weighted by molar-refractivity contribution is 6.02. The van der Waals surface area contributed by atoms with E-state index in [0.29, 0.717) is 11.7 Å². The lowest BCUT2D eigenvalue weighted by molar-refractivity contribution is -0.121. The van der Waals surface area contributed by atoms with Crippen LogP contribution in [0.4, 0.5) is 0 Å². The van der Waals surface area contributed by atoms with Crippen LogP contribution < -0.4 is 0 Å². The summed E-state index contributed by atoms with van der Waals surface area (Å²) in [5, 5.41) is 0. The van der Waals surface area contributed by atoms with Crippen molar-refractivity contribution in [1.82, 2.24) is 0 Å². The van der Waals surface area contributed by atoms with Crippen LogP contribution in [-0.4, -0.2) is 5.78 Å². The molecule has 1 unspecified atom stereocenters. The Balaban J connectivity index is 2.82. The Morgan fingerprint density at radius 3 is 2.54 bits per heavy atom. The Morgan fingerprint density at radius 2 is 2.15 bits per heavy atom. The molecule has 0 bridgehead atoms. The van der Waals surface area contributed by atoms with Crippen LogP contribution >= 0.6 is 0 Å². The third-order valence-corrected chi connectivity index (χ3v) is 2.88. The van der Waals surface area contributed by atoms with Gasteiger partial charge in [-0.3, -0.25) is 4.79 Å².